The minimum atomic E-state index is -0.578. The largest absolute Gasteiger partial charge is 0.454 e. The molecule has 0 radical (unpaired) electrons. The minimum absolute atomic E-state index is 0.224. The van der Waals surface area contributed by atoms with Crippen LogP contribution >= 0.6 is 11.8 Å². The van der Waals surface area contributed by atoms with E-state index in [1.807, 2.05) is 22.8 Å². The topological polar surface area (TPSA) is 133 Å². The molecule has 9 heteroatoms. The Kier molecular flexibility index (Phi) is 5.34. The van der Waals surface area contributed by atoms with E-state index in [0.29, 0.717) is 24.7 Å². The summed E-state index contributed by atoms with van der Waals surface area (Å²) in [5.41, 5.74) is 17.3. The van der Waals surface area contributed by atoms with Crippen LogP contribution in [0.25, 0.3) is 0 Å². The molecule has 134 valence electrons. The summed E-state index contributed by atoms with van der Waals surface area (Å²) in [5, 5.41) is 0.748. The maximum Gasteiger partial charge on any atom is 0.287 e. The number of rotatable bonds is 8. The first-order valence-corrected chi connectivity index (χ1v) is 8.90. The second-order valence-electron chi connectivity index (χ2n) is 5.67. The highest BCUT2D eigenvalue weighted by Gasteiger charge is 2.25. The van der Waals surface area contributed by atoms with Crippen molar-refractivity contribution in [3.63, 3.8) is 0 Å². The van der Waals surface area contributed by atoms with Crippen LogP contribution in [0.2, 0.25) is 0 Å². The van der Waals surface area contributed by atoms with Crippen LogP contribution in [0.15, 0.2) is 28.3 Å². The van der Waals surface area contributed by atoms with Crippen molar-refractivity contribution < 1.29 is 18.8 Å². The van der Waals surface area contributed by atoms with Gasteiger partial charge in [-0.15, -0.1) is 0 Å². The molecule has 0 aliphatic carbocycles. The van der Waals surface area contributed by atoms with Crippen molar-refractivity contribution in [1.29, 1.82) is 0 Å². The second-order valence-corrected chi connectivity index (χ2v) is 6.73. The average Bonchev–Trinajstić information content (AvgIpc) is 3.17. The number of ether oxygens (including phenoxy) is 2. The van der Waals surface area contributed by atoms with Gasteiger partial charge in [0.2, 0.25) is 12.5 Å². The molecule has 1 aliphatic rings. The van der Waals surface area contributed by atoms with Gasteiger partial charge in [0.25, 0.3) is 16.9 Å². The Balaban J connectivity index is 1.83. The molecule has 2 aromatic rings. The van der Waals surface area contributed by atoms with E-state index in [-0.39, 0.29) is 12.5 Å². The number of nitrogens with zero attached hydrogens (tertiary/aromatic N) is 1. The predicted octanol–water partition coefficient (Wildman–Crippen LogP) is 0.992. The van der Waals surface area contributed by atoms with Gasteiger partial charge in [-0.25, -0.2) is 4.57 Å². The van der Waals surface area contributed by atoms with Gasteiger partial charge < -0.3 is 26.7 Å². The maximum absolute atomic E-state index is 11.6. The normalized spacial score (nSPS) is 12.5. The van der Waals surface area contributed by atoms with Crippen molar-refractivity contribution in [1.82, 2.24) is 4.98 Å². The number of unbranched alkanes of at least 4 members (excludes halogenated alkanes) is 2. The van der Waals surface area contributed by atoms with Crippen LogP contribution in [-0.4, -0.2) is 24.2 Å². The lowest BCUT2D eigenvalue weighted by Crippen LogP contribution is -2.38. The summed E-state index contributed by atoms with van der Waals surface area (Å²) in [6.07, 6.45) is 2.86. The van der Waals surface area contributed by atoms with E-state index in [2.05, 4.69) is 4.98 Å². The Morgan fingerprint density at radius 2 is 2.04 bits per heavy atom. The third-order valence-electron chi connectivity index (χ3n) is 3.91. The molecule has 0 bridgehead atoms. The van der Waals surface area contributed by atoms with Gasteiger partial charge in [-0.05, 0) is 55.8 Å². The number of hydrogen-bond acceptors (Lipinski definition) is 6. The van der Waals surface area contributed by atoms with Crippen molar-refractivity contribution in [2.45, 2.75) is 35.9 Å². The Labute approximate surface area is 149 Å². The molecular formula is C16H22N5O3S+. The van der Waals surface area contributed by atoms with Crippen molar-refractivity contribution >= 4 is 23.5 Å². The number of amides is 1. The van der Waals surface area contributed by atoms with Gasteiger partial charge in [0.15, 0.2) is 11.5 Å². The predicted molar refractivity (Wildman–Crippen MR) is 93.5 cm³/mol. The Morgan fingerprint density at radius 1 is 1.24 bits per heavy atom. The highest BCUT2D eigenvalue weighted by atomic mass is 32.2. The van der Waals surface area contributed by atoms with Crippen LogP contribution in [0.3, 0.4) is 0 Å². The summed E-state index contributed by atoms with van der Waals surface area (Å²) in [6.45, 7) is 1.58. The fourth-order valence-corrected chi connectivity index (χ4v) is 3.59. The Morgan fingerprint density at radius 3 is 2.80 bits per heavy atom. The van der Waals surface area contributed by atoms with Gasteiger partial charge in [-0.1, -0.05) is 0 Å². The fraction of sp³-hybridized carbons (Fsp3) is 0.375. The summed E-state index contributed by atoms with van der Waals surface area (Å²) < 4.78 is 12.6. The zero-order valence-electron chi connectivity index (χ0n) is 13.8. The van der Waals surface area contributed by atoms with E-state index in [4.69, 9.17) is 26.7 Å². The number of nitrogens with one attached hydrogen (secondary N) is 1. The van der Waals surface area contributed by atoms with E-state index in [9.17, 15) is 4.79 Å². The summed E-state index contributed by atoms with van der Waals surface area (Å²) in [7, 11) is 0. The first-order valence-electron chi connectivity index (χ1n) is 8.09. The van der Waals surface area contributed by atoms with Crippen LogP contribution in [0, 0.1) is 0 Å². The fourth-order valence-electron chi connectivity index (χ4n) is 2.62. The highest BCUT2D eigenvalue weighted by molar-refractivity contribution is 7.99. The number of aromatic amines is 1. The lowest BCUT2D eigenvalue weighted by molar-refractivity contribution is -0.719. The monoisotopic (exact) mass is 364 g/mol. The minimum Gasteiger partial charge on any atom is -0.454 e. The van der Waals surface area contributed by atoms with Gasteiger partial charge in [-0.3, -0.25) is 9.78 Å². The van der Waals surface area contributed by atoms with E-state index in [1.54, 1.807) is 0 Å². The van der Waals surface area contributed by atoms with Gasteiger partial charge in [0, 0.05) is 4.90 Å². The number of aromatic nitrogens is 2. The molecule has 25 heavy (non-hydrogen) atoms. The standard InChI is InChI=1S/C16H21N5O3S/c17-6-2-1-3-7-21-14(18)13(15(19)22)20-16(21)25-10-4-5-11-12(8-10)24-9-23-11/h4-5,8H,1-3,6-7,9,17H2,(H4,18,19,22)/p+1. The SMILES string of the molecule is NCCCCC[n+]1c(Sc2ccc3c(c2)OCO3)[nH]c(C(N)=O)c1N. The highest BCUT2D eigenvalue weighted by Crippen LogP contribution is 2.37. The van der Waals surface area contributed by atoms with Gasteiger partial charge >= 0.3 is 0 Å². The van der Waals surface area contributed by atoms with Crippen LogP contribution in [-0.2, 0) is 6.54 Å². The molecule has 1 aromatic heterocycles. The van der Waals surface area contributed by atoms with Crippen LogP contribution in [0.5, 0.6) is 11.5 Å². The lowest BCUT2D eigenvalue weighted by Gasteiger charge is -2.05. The summed E-state index contributed by atoms with van der Waals surface area (Å²) >= 11 is 1.46. The zero-order chi connectivity index (χ0) is 17.8. The first kappa shape index (κ1) is 17.4. The van der Waals surface area contributed by atoms with Gasteiger partial charge in [0.05, 0.1) is 6.54 Å². The number of fused-ring (bicyclic) bond motifs is 1. The molecule has 0 saturated carbocycles. The van der Waals surface area contributed by atoms with E-state index >= 15 is 0 Å². The van der Waals surface area contributed by atoms with Crippen LogP contribution in [0.4, 0.5) is 5.82 Å². The molecule has 3 rings (SSSR count). The molecule has 1 amide bonds. The number of primary amides is 1. The molecule has 0 atom stereocenters. The van der Waals surface area contributed by atoms with Crippen molar-refractivity contribution in [3.8, 4) is 11.5 Å². The molecule has 1 aliphatic heterocycles. The molecule has 0 fully saturated rings. The smallest absolute Gasteiger partial charge is 0.287 e. The van der Waals surface area contributed by atoms with E-state index < -0.39 is 5.91 Å². The first-order chi connectivity index (χ1) is 12.1. The quantitative estimate of drug-likeness (QED) is 0.408. The van der Waals surface area contributed by atoms with Crippen molar-refractivity contribution in [3.05, 3.63) is 23.9 Å². The summed E-state index contributed by atoms with van der Waals surface area (Å²) in [5.74, 6) is 1.20. The molecule has 1 aromatic carbocycles. The van der Waals surface area contributed by atoms with Gasteiger partial charge in [-0.2, -0.15) is 0 Å². The van der Waals surface area contributed by atoms with E-state index in [1.165, 1.54) is 11.8 Å². The molecule has 7 N–H and O–H groups in total. The van der Waals surface area contributed by atoms with Crippen LogP contribution < -0.4 is 31.2 Å². The number of carbonyl (C=O) groups excluding carboxylic acids is 1. The van der Waals surface area contributed by atoms with E-state index in [0.717, 1.165) is 35.1 Å². The average molecular weight is 364 g/mol. The third-order valence-corrected chi connectivity index (χ3v) is 4.92. The number of benzene rings is 1. The number of H-pyrrole nitrogens is 1. The molecule has 0 unspecified atom stereocenters. The van der Waals surface area contributed by atoms with Crippen molar-refractivity contribution in [2.75, 3.05) is 19.1 Å². The molecule has 0 saturated heterocycles. The second kappa shape index (κ2) is 7.66. The number of carbonyl (C=O) groups is 1. The number of anilines is 1. The Hall–Kier alpha value is -2.39. The number of hydrogen-bond donors (Lipinski definition) is 4. The van der Waals surface area contributed by atoms with Gasteiger partial charge in [0.1, 0.15) is 0 Å². The molecular weight excluding hydrogens is 342 g/mol. The number of nitrogens with two attached hydrogens (primary N) is 3. The number of imidazole rings is 1. The third kappa shape index (κ3) is 3.83. The molecule has 8 nitrogen and oxygen atoms in total. The number of nitrogen functional groups attached to an aromatic ring is 1. The lowest BCUT2D eigenvalue weighted by atomic mass is 10.2. The summed E-state index contributed by atoms with van der Waals surface area (Å²) in [6, 6.07) is 5.68. The maximum atomic E-state index is 11.6. The Bertz CT molecular complexity index is 777. The summed E-state index contributed by atoms with van der Waals surface area (Å²) in [4.78, 5) is 15.6. The molecule has 0 spiro atoms. The zero-order valence-corrected chi connectivity index (χ0v) is 14.6. The van der Waals surface area contributed by atoms with Crippen LogP contribution in [0.1, 0.15) is 29.8 Å². The molecule has 2 heterocycles. The van der Waals surface area contributed by atoms with Crippen molar-refractivity contribution in [2.24, 2.45) is 11.5 Å².